The quantitative estimate of drug-likeness (QED) is 0.847. The third-order valence-electron chi connectivity index (χ3n) is 2.98. The second kappa shape index (κ2) is 5.75. The standard InChI is InChI=1S/C13H15ClFNO3/c1-8-6-16(7-10(5-14)19-8)13(18)11-3-2-9(15)4-12(11)17/h2-4,8,10,17H,5-7H2,1H3. The van der Waals surface area contributed by atoms with E-state index in [2.05, 4.69) is 0 Å². The fraction of sp³-hybridized carbons (Fsp3) is 0.462. The lowest BCUT2D eigenvalue weighted by Gasteiger charge is -2.36. The molecule has 104 valence electrons. The smallest absolute Gasteiger partial charge is 0.257 e. The maximum absolute atomic E-state index is 12.9. The van der Waals surface area contributed by atoms with Crippen LogP contribution in [-0.4, -0.2) is 47.1 Å². The molecule has 1 aromatic carbocycles. The van der Waals surface area contributed by atoms with E-state index in [0.29, 0.717) is 19.0 Å². The van der Waals surface area contributed by atoms with Crippen LogP contribution in [0.1, 0.15) is 17.3 Å². The maximum Gasteiger partial charge on any atom is 0.257 e. The molecule has 0 saturated carbocycles. The highest BCUT2D eigenvalue weighted by Gasteiger charge is 2.29. The molecule has 1 saturated heterocycles. The molecule has 0 spiro atoms. The van der Waals surface area contributed by atoms with Crippen molar-refractivity contribution in [3.05, 3.63) is 29.6 Å². The van der Waals surface area contributed by atoms with Gasteiger partial charge in [-0.1, -0.05) is 0 Å². The number of phenols is 1. The number of amides is 1. The molecular weight excluding hydrogens is 273 g/mol. The van der Waals surface area contributed by atoms with Gasteiger partial charge in [-0.05, 0) is 19.1 Å². The van der Waals surface area contributed by atoms with Crippen molar-refractivity contribution in [1.29, 1.82) is 0 Å². The highest BCUT2D eigenvalue weighted by molar-refractivity contribution is 6.18. The number of hydrogen-bond acceptors (Lipinski definition) is 3. The van der Waals surface area contributed by atoms with E-state index >= 15 is 0 Å². The highest BCUT2D eigenvalue weighted by Crippen LogP contribution is 2.22. The molecule has 1 N–H and O–H groups in total. The van der Waals surface area contributed by atoms with E-state index in [1.807, 2.05) is 6.92 Å². The molecule has 6 heteroatoms. The van der Waals surface area contributed by atoms with Crippen molar-refractivity contribution >= 4 is 17.5 Å². The Balaban J connectivity index is 2.18. The van der Waals surface area contributed by atoms with Crippen molar-refractivity contribution in [2.75, 3.05) is 19.0 Å². The topological polar surface area (TPSA) is 49.8 Å². The second-order valence-electron chi connectivity index (χ2n) is 4.59. The van der Waals surface area contributed by atoms with Gasteiger partial charge in [0.2, 0.25) is 0 Å². The summed E-state index contributed by atoms with van der Waals surface area (Å²) < 4.78 is 18.5. The summed E-state index contributed by atoms with van der Waals surface area (Å²) >= 11 is 5.75. The van der Waals surface area contributed by atoms with Crippen LogP contribution in [0, 0.1) is 5.82 Å². The Kier molecular flexibility index (Phi) is 4.27. The SMILES string of the molecule is CC1CN(C(=O)c2ccc(F)cc2O)CC(CCl)O1. The van der Waals surface area contributed by atoms with Crippen LogP contribution in [0.25, 0.3) is 0 Å². The third kappa shape index (κ3) is 3.16. The van der Waals surface area contributed by atoms with Crippen molar-refractivity contribution in [3.8, 4) is 5.75 Å². The normalized spacial score (nSPS) is 23.4. The number of morpholine rings is 1. The Hall–Kier alpha value is -1.33. The average molecular weight is 288 g/mol. The van der Waals surface area contributed by atoms with Gasteiger partial charge in [0.25, 0.3) is 5.91 Å². The number of phenolic OH excluding ortho intramolecular Hbond substituents is 1. The van der Waals surface area contributed by atoms with Gasteiger partial charge in [-0.25, -0.2) is 4.39 Å². The molecule has 19 heavy (non-hydrogen) atoms. The van der Waals surface area contributed by atoms with E-state index in [4.69, 9.17) is 16.3 Å². The lowest BCUT2D eigenvalue weighted by molar-refractivity contribution is -0.0571. The summed E-state index contributed by atoms with van der Waals surface area (Å²) in [6, 6.07) is 3.36. The number of alkyl halides is 1. The molecule has 1 aliphatic heterocycles. The van der Waals surface area contributed by atoms with Crippen molar-refractivity contribution < 1.29 is 19.0 Å². The van der Waals surface area contributed by atoms with Crippen LogP contribution in [0.4, 0.5) is 4.39 Å². The van der Waals surface area contributed by atoms with Gasteiger partial charge in [0, 0.05) is 19.2 Å². The van der Waals surface area contributed by atoms with E-state index in [1.165, 1.54) is 6.07 Å². The fourth-order valence-electron chi connectivity index (χ4n) is 2.15. The summed E-state index contributed by atoms with van der Waals surface area (Å²) in [5.41, 5.74) is 0.0869. The Morgan fingerprint density at radius 3 is 2.95 bits per heavy atom. The molecule has 1 fully saturated rings. The first-order valence-corrected chi connectivity index (χ1v) is 6.54. The molecule has 0 aromatic heterocycles. The number of halogens is 2. The number of nitrogens with zero attached hydrogens (tertiary/aromatic N) is 1. The zero-order chi connectivity index (χ0) is 14.0. The summed E-state index contributed by atoms with van der Waals surface area (Å²) in [5.74, 6) is -0.985. The molecule has 1 amide bonds. The number of hydrogen-bond donors (Lipinski definition) is 1. The first-order valence-electron chi connectivity index (χ1n) is 6.00. The Morgan fingerprint density at radius 1 is 1.58 bits per heavy atom. The van der Waals surface area contributed by atoms with Crippen molar-refractivity contribution in [2.45, 2.75) is 19.1 Å². The molecule has 2 atom stereocenters. The van der Waals surface area contributed by atoms with Crippen LogP contribution in [0.2, 0.25) is 0 Å². The van der Waals surface area contributed by atoms with E-state index in [-0.39, 0.29) is 29.4 Å². The first-order chi connectivity index (χ1) is 9.01. The van der Waals surface area contributed by atoms with Gasteiger partial charge in [0.1, 0.15) is 11.6 Å². The van der Waals surface area contributed by atoms with Gasteiger partial charge in [-0.15, -0.1) is 11.6 Å². The van der Waals surface area contributed by atoms with Crippen LogP contribution in [-0.2, 0) is 4.74 Å². The molecule has 1 aromatic rings. The molecule has 2 unspecified atom stereocenters. The van der Waals surface area contributed by atoms with Gasteiger partial charge in [-0.2, -0.15) is 0 Å². The van der Waals surface area contributed by atoms with Crippen molar-refractivity contribution in [3.63, 3.8) is 0 Å². The zero-order valence-electron chi connectivity index (χ0n) is 10.5. The summed E-state index contributed by atoms with van der Waals surface area (Å²) in [7, 11) is 0. The predicted octanol–water partition coefficient (Wildman–Crippen LogP) is 2.00. The van der Waals surface area contributed by atoms with E-state index in [9.17, 15) is 14.3 Å². The molecule has 0 radical (unpaired) electrons. The number of benzene rings is 1. The second-order valence-corrected chi connectivity index (χ2v) is 4.90. The Bertz CT molecular complexity index is 483. The molecule has 1 heterocycles. The van der Waals surface area contributed by atoms with E-state index < -0.39 is 5.82 Å². The van der Waals surface area contributed by atoms with Crippen molar-refractivity contribution in [2.24, 2.45) is 0 Å². The minimum atomic E-state index is -0.581. The van der Waals surface area contributed by atoms with Crippen LogP contribution < -0.4 is 0 Å². The third-order valence-corrected chi connectivity index (χ3v) is 3.32. The molecule has 2 rings (SSSR count). The fourth-order valence-corrected chi connectivity index (χ4v) is 2.32. The highest BCUT2D eigenvalue weighted by atomic mass is 35.5. The van der Waals surface area contributed by atoms with Crippen molar-refractivity contribution in [1.82, 2.24) is 4.90 Å². The van der Waals surface area contributed by atoms with Crippen LogP contribution in [0.5, 0.6) is 5.75 Å². The van der Waals surface area contributed by atoms with Gasteiger partial charge < -0.3 is 14.7 Å². The molecule has 0 aliphatic carbocycles. The minimum absolute atomic E-state index is 0.0869. The largest absolute Gasteiger partial charge is 0.507 e. The van der Waals surface area contributed by atoms with Gasteiger partial charge in [0.15, 0.2) is 0 Å². The molecule has 0 bridgehead atoms. The minimum Gasteiger partial charge on any atom is -0.507 e. The summed E-state index contributed by atoms with van der Waals surface area (Å²) in [6.45, 7) is 2.63. The first kappa shape index (κ1) is 14.1. The number of carbonyl (C=O) groups excluding carboxylic acids is 1. The Labute approximate surface area is 115 Å². The van der Waals surface area contributed by atoms with Crippen LogP contribution in [0.3, 0.4) is 0 Å². The molecule has 4 nitrogen and oxygen atoms in total. The van der Waals surface area contributed by atoms with Crippen LogP contribution >= 0.6 is 11.6 Å². The zero-order valence-corrected chi connectivity index (χ0v) is 11.2. The summed E-state index contributed by atoms with van der Waals surface area (Å²) in [4.78, 5) is 13.8. The average Bonchev–Trinajstić information content (AvgIpc) is 2.37. The summed E-state index contributed by atoms with van der Waals surface area (Å²) in [6.07, 6.45) is -0.346. The lowest BCUT2D eigenvalue weighted by atomic mass is 10.1. The lowest BCUT2D eigenvalue weighted by Crippen LogP contribution is -2.49. The molecular formula is C13H15ClFNO3. The Morgan fingerprint density at radius 2 is 2.32 bits per heavy atom. The predicted molar refractivity (Wildman–Crippen MR) is 69.0 cm³/mol. The number of aromatic hydroxyl groups is 1. The number of rotatable bonds is 2. The molecule has 1 aliphatic rings. The number of ether oxygens (including phenoxy) is 1. The monoisotopic (exact) mass is 287 g/mol. The summed E-state index contributed by atoms with van der Waals surface area (Å²) in [5, 5.41) is 9.64. The van der Waals surface area contributed by atoms with Gasteiger partial charge in [-0.3, -0.25) is 4.79 Å². The van der Waals surface area contributed by atoms with Crippen LogP contribution in [0.15, 0.2) is 18.2 Å². The van der Waals surface area contributed by atoms with Gasteiger partial charge in [0.05, 0.1) is 23.7 Å². The maximum atomic E-state index is 12.9. The van der Waals surface area contributed by atoms with Gasteiger partial charge >= 0.3 is 0 Å². The number of carbonyl (C=O) groups is 1. The van der Waals surface area contributed by atoms with E-state index in [0.717, 1.165) is 12.1 Å². The van der Waals surface area contributed by atoms with E-state index in [1.54, 1.807) is 4.90 Å².